The summed E-state index contributed by atoms with van der Waals surface area (Å²) in [6.45, 7) is 9.96. The molecule has 3 heteroatoms. The first kappa shape index (κ1) is 15.9. The molecule has 0 aliphatic carbocycles. The van der Waals surface area contributed by atoms with Crippen LogP contribution < -0.4 is 0 Å². The van der Waals surface area contributed by atoms with Gasteiger partial charge in [0.15, 0.2) is 0 Å². The zero-order valence-corrected chi connectivity index (χ0v) is 11.4. The Kier molecular flexibility index (Phi) is 7.94. The van der Waals surface area contributed by atoms with Crippen molar-refractivity contribution in [1.82, 2.24) is 0 Å². The Labute approximate surface area is 99.5 Å². The predicted octanol–water partition coefficient (Wildman–Crippen LogP) is 4.29. The lowest BCUT2D eigenvalue weighted by Gasteiger charge is -2.29. The zero-order valence-electron chi connectivity index (χ0n) is 11.4. The zero-order chi connectivity index (χ0) is 12.6. The van der Waals surface area contributed by atoms with Gasteiger partial charge in [0.05, 0.1) is 6.10 Å². The molecule has 0 fully saturated rings. The lowest BCUT2D eigenvalue weighted by molar-refractivity contribution is -0.335. The fourth-order valence-corrected chi connectivity index (χ4v) is 1.78. The van der Waals surface area contributed by atoms with Crippen LogP contribution in [0.2, 0.25) is 0 Å². The van der Waals surface area contributed by atoms with Crippen LogP contribution in [0.1, 0.15) is 60.3 Å². The summed E-state index contributed by atoms with van der Waals surface area (Å²) in [5, 5.41) is 0. The minimum atomic E-state index is -1.91. The maximum atomic E-state index is 14.3. The van der Waals surface area contributed by atoms with Crippen LogP contribution in [0.25, 0.3) is 0 Å². The van der Waals surface area contributed by atoms with Crippen molar-refractivity contribution < 1.29 is 13.9 Å². The van der Waals surface area contributed by atoms with E-state index in [0.717, 1.165) is 19.3 Å². The van der Waals surface area contributed by atoms with E-state index in [2.05, 4.69) is 6.92 Å². The maximum absolute atomic E-state index is 14.3. The van der Waals surface area contributed by atoms with Gasteiger partial charge in [-0.2, -0.15) is 4.39 Å². The van der Waals surface area contributed by atoms with Crippen molar-refractivity contribution >= 4 is 0 Å². The molecule has 0 aromatic rings. The molecular formula is C13H27FO2. The molecule has 2 atom stereocenters. The molecule has 0 saturated heterocycles. The lowest BCUT2D eigenvalue weighted by atomic mass is 10.00. The van der Waals surface area contributed by atoms with Crippen molar-refractivity contribution in [3.63, 3.8) is 0 Å². The lowest BCUT2D eigenvalue weighted by Crippen LogP contribution is -2.35. The van der Waals surface area contributed by atoms with Crippen molar-refractivity contribution in [2.45, 2.75) is 72.4 Å². The summed E-state index contributed by atoms with van der Waals surface area (Å²) in [5.74, 6) is 0.287. The van der Waals surface area contributed by atoms with Gasteiger partial charge in [-0.1, -0.05) is 33.1 Å². The minimum absolute atomic E-state index is 0.157. The van der Waals surface area contributed by atoms with Gasteiger partial charge in [0.1, 0.15) is 0 Å². The van der Waals surface area contributed by atoms with E-state index in [1.165, 1.54) is 0 Å². The fourth-order valence-electron chi connectivity index (χ4n) is 1.78. The molecule has 0 aliphatic rings. The second kappa shape index (κ2) is 8.02. The first-order valence-corrected chi connectivity index (χ1v) is 6.44. The summed E-state index contributed by atoms with van der Waals surface area (Å²) < 4.78 is 24.6. The second-order valence-corrected chi connectivity index (χ2v) is 4.71. The number of alkyl halides is 1. The van der Waals surface area contributed by atoms with Crippen molar-refractivity contribution in [3.8, 4) is 0 Å². The number of hydrogen-bond acceptors (Lipinski definition) is 2. The van der Waals surface area contributed by atoms with E-state index in [-0.39, 0.29) is 12.0 Å². The number of unbranched alkanes of at least 4 members (excludes halogenated alkanes) is 1. The number of hydrogen-bond donors (Lipinski definition) is 0. The third-order valence-electron chi connectivity index (χ3n) is 2.41. The van der Waals surface area contributed by atoms with E-state index >= 15 is 0 Å². The quantitative estimate of drug-likeness (QED) is 0.554. The molecule has 2 nitrogen and oxygen atoms in total. The first-order chi connectivity index (χ1) is 7.43. The summed E-state index contributed by atoms with van der Waals surface area (Å²) in [6.07, 6.45) is 3.46. The summed E-state index contributed by atoms with van der Waals surface area (Å²) in [5.41, 5.74) is 0. The van der Waals surface area contributed by atoms with Crippen LogP contribution in [0.3, 0.4) is 0 Å². The molecule has 0 rings (SSSR count). The smallest absolute Gasteiger partial charge is 0.320 e. The molecule has 0 heterocycles. The van der Waals surface area contributed by atoms with Gasteiger partial charge in [0.2, 0.25) is 0 Å². The van der Waals surface area contributed by atoms with Gasteiger partial charge in [0.25, 0.3) is 0 Å². The first-order valence-electron chi connectivity index (χ1n) is 6.44. The highest BCUT2D eigenvalue weighted by Crippen LogP contribution is 2.28. The Balaban J connectivity index is 4.18. The highest BCUT2D eigenvalue weighted by Gasteiger charge is 2.34. The van der Waals surface area contributed by atoms with E-state index in [9.17, 15) is 4.39 Å². The van der Waals surface area contributed by atoms with Gasteiger partial charge >= 0.3 is 6.04 Å². The average Bonchev–Trinajstić information content (AvgIpc) is 2.13. The maximum Gasteiger partial charge on any atom is 0.320 e. The summed E-state index contributed by atoms with van der Waals surface area (Å²) in [6, 6.07) is -1.91. The third-order valence-corrected chi connectivity index (χ3v) is 2.41. The van der Waals surface area contributed by atoms with Crippen LogP contribution in [0.15, 0.2) is 0 Å². The van der Waals surface area contributed by atoms with Crippen molar-refractivity contribution in [2.24, 2.45) is 5.92 Å². The summed E-state index contributed by atoms with van der Waals surface area (Å²) in [7, 11) is 0. The Morgan fingerprint density at radius 1 is 1.19 bits per heavy atom. The van der Waals surface area contributed by atoms with Crippen molar-refractivity contribution in [3.05, 3.63) is 0 Å². The van der Waals surface area contributed by atoms with Crippen molar-refractivity contribution in [1.29, 1.82) is 0 Å². The topological polar surface area (TPSA) is 18.5 Å². The molecule has 0 aromatic carbocycles. The Bertz CT molecular complexity index is 173. The molecule has 0 aliphatic heterocycles. The van der Waals surface area contributed by atoms with Gasteiger partial charge in [-0.3, -0.25) is 0 Å². The van der Waals surface area contributed by atoms with Gasteiger partial charge in [0, 0.05) is 13.0 Å². The normalized spacial score (nSPS) is 17.4. The second-order valence-electron chi connectivity index (χ2n) is 4.71. The van der Waals surface area contributed by atoms with Crippen LogP contribution in [0.4, 0.5) is 4.39 Å². The molecule has 98 valence electrons. The monoisotopic (exact) mass is 234 g/mol. The van der Waals surface area contributed by atoms with Gasteiger partial charge in [-0.05, 0) is 26.7 Å². The van der Waals surface area contributed by atoms with Crippen LogP contribution in [-0.4, -0.2) is 18.8 Å². The molecule has 0 N–H and O–H groups in total. The summed E-state index contributed by atoms with van der Waals surface area (Å²) >= 11 is 0. The molecule has 2 unspecified atom stereocenters. The van der Waals surface area contributed by atoms with Crippen LogP contribution in [-0.2, 0) is 9.47 Å². The number of halogens is 1. The van der Waals surface area contributed by atoms with E-state index in [4.69, 9.17) is 9.47 Å². The predicted molar refractivity (Wildman–Crippen MR) is 65.0 cm³/mol. The number of rotatable bonds is 9. The highest BCUT2D eigenvalue weighted by atomic mass is 19.2. The fraction of sp³-hybridized carbons (Fsp3) is 1.00. The van der Waals surface area contributed by atoms with E-state index in [1.54, 1.807) is 6.92 Å². The molecule has 0 amide bonds. The Morgan fingerprint density at radius 2 is 1.81 bits per heavy atom. The Hall–Kier alpha value is -0.150. The van der Waals surface area contributed by atoms with E-state index in [0.29, 0.717) is 13.0 Å². The average molecular weight is 234 g/mol. The molecule has 0 bridgehead atoms. The van der Waals surface area contributed by atoms with Crippen LogP contribution in [0.5, 0.6) is 0 Å². The molecule has 0 aromatic heterocycles. The van der Waals surface area contributed by atoms with Crippen LogP contribution in [0, 0.1) is 5.92 Å². The third kappa shape index (κ3) is 7.18. The van der Waals surface area contributed by atoms with E-state index in [1.807, 2.05) is 20.8 Å². The summed E-state index contributed by atoms with van der Waals surface area (Å²) in [4.78, 5) is 0. The van der Waals surface area contributed by atoms with Gasteiger partial charge < -0.3 is 9.47 Å². The SMILES string of the molecule is CCCCC(C)CC(F)(OCC)OC(C)C. The largest absolute Gasteiger partial charge is 0.324 e. The van der Waals surface area contributed by atoms with E-state index < -0.39 is 6.04 Å². The standard InChI is InChI=1S/C13H27FO2/c1-6-8-9-12(5)10-13(14,15-7-2)16-11(3)4/h11-12H,6-10H2,1-5H3. The molecule has 16 heavy (non-hydrogen) atoms. The molecule has 0 spiro atoms. The molecule has 0 radical (unpaired) electrons. The molecule has 0 saturated carbocycles. The minimum Gasteiger partial charge on any atom is -0.324 e. The van der Waals surface area contributed by atoms with Crippen LogP contribution >= 0.6 is 0 Å². The Morgan fingerprint density at radius 3 is 2.25 bits per heavy atom. The van der Waals surface area contributed by atoms with Crippen molar-refractivity contribution in [2.75, 3.05) is 6.61 Å². The van der Waals surface area contributed by atoms with Gasteiger partial charge in [-0.15, -0.1) is 0 Å². The van der Waals surface area contributed by atoms with Gasteiger partial charge in [-0.25, -0.2) is 0 Å². The molecular weight excluding hydrogens is 207 g/mol. The number of ether oxygens (including phenoxy) is 2. The highest BCUT2D eigenvalue weighted by molar-refractivity contribution is 4.64.